The molecule has 122 valence electrons. The molecule has 3 nitrogen and oxygen atoms in total. The van der Waals surface area contributed by atoms with Gasteiger partial charge in [-0.15, -0.1) is 11.3 Å². The standard InChI is InChI=1S/C17H10F3NO2S/c18-17(19,20)13-8-6-12(7-9-13)16(22)23-14-10-24-15(21-14)11-4-2-1-3-5-11/h1-10H. The van der Waals surface area contributed by atoms with Crippen LogP contribution in [0, 0.1) is 0 Å². The minimum Gasteiger partial charge on any atom is -0.403 e. The van der Waals surface area contributed by atoms with E-state index >= 15 is 0 Å². The third-order valence-corrected chi connectivity index (χ3v) is 4.02. The molecule has 0 atom stereocenters. The Bertz CT molecular complexity index is 842. The number of carbonyl (C=O) groups is 1. The number of hydrogen-bond acceptors (Lipinski definition) is 4. The molecule has 0 unspecified atom stereocenters. The maximum absolute atomic E-state index is 12.5. The average molecular weight is 349 g/mol. The molecule has 1 heterocycles. The number of carbonyl (C=O) groups excluding carboxylic acids is 1. The highest BCUT2D eigenvalue weighted by molar-refractivity contribution is 7.13. The van der Waals surface area contributed by atoms with Gasteiger partial charge >= 0.3 is 12.1 Å². The molecule has 0 aliphatic carbocycles. The van der Waals surface area contributed by atoms with Crippen molar-refractivity contribution in [3.8, 4) is 16.5 Å². The highest BCUT2D eigenvalue weighted by Gasteiger charge is 2.30. The number of aromatic nitrogens is 1. The van der Waals surface area contributed by atoms with Gasteiger partial charge in [-0.1, -0.05) is 30.3 Å². The first kappa shape index (κ1) is 16.2. The van der Waals surface area contributed by atoms with Crippen molar-refractivity contribution in [1.82, 2.24) is 4.98 Å². The summed E-state index contributed by atoms with van der Waals surface area (Å²) in [7, 11) is 0. The Labute approximate surface area is 139 Å². The summed E-state index contributed by atoms with van der Waals surface area (Å²) in [6.45, 7) is 0. The molecular weight excluding hydrogens is 339 g/mol. The van der Waals surface area contributed by atoms with Gasteiger partial charge in [0, 0.05) is 5.56 Å². The first-order valence-corrected chi connectivity index (χ1v) is 7.72. The fourth-order valence-electron chi connectivity index (χ4n) is 1.97. The van der Waals surface area contributed by atoms with Gasteiger partial charge in [0.25, 0.3) is 0 Å². The largest absolute Gasteiger partial charge is 0.416 e. The van der Waals surface area contributed by atoms with E-state index in [1.807, 2.05) is 30.3 Å². The lowest BCUT2D eigenvalue weighted by Gasteiger charge is -2.06. The van der Waals surface area contributed by atoms with Crippen LogP contribution in [0.15, 0.2) is 60.0 Å². The summed E-state index contributed by atoms with van der Waals surface area (Å²) in [4.78, 5) is 16.2. The lowest BCUT2D eigenvalue weighted by Crippen LogP contribution is -2.10. The second-order valence-electron chi connectivity index (χ2n) is 4.82. The van der Waals surface area contributed by atoms with Crippen molar-refractivity contribution in [2.45, 2.75) is 6.18 Å². The van der Waals surface area contributed by atoms with Gasteiger partial charge in [0.15, 0.2) is 0 Å². The molecule has 3 rings (SSSR count). The molecule has 0 amide bonds. The molecule has 0 bridgehead atoms. The van der Waals surface area contributed by atoms with Crippen molar-refractivity contribution in [3.05, 3.63) is 71.1 Å². The average Bonchev–Trinajstić information content (AvgIpc) is 3.03. The molecule has 24 heavy (non-hydrogen) atoms. The topological polar surface area (TPSA) is 39.2 Å². The smallest absolute Gasteiger partial charge is 0.403 e. The quantitative estimate of drug-likeness (QED) is 0.621. The molecule has 0 aliphatic rings. The Morgan fingerprint density at radius 3 is 2.29 bits per heavy atom. The first-order valence-electron chi connectivity index (χ1n) is 6.84. The number of nitrogens with zero attached hydrogens (tertiary/aromatic N) is 1. The van der Waals surface area contributed by atoms with Crippen LogP contribution in [0.5, 0.6) is 5.88 Å². The Morgan fingerprint density at radius 1 is 1.00 bits per heavy atom. The Morgan fingerprint density at radius 2 is 1.67 bits per heavy atom. The van der Waals surface area contributed by atoms with Crippen molar-refractivity contribution in [2.24, 2.45) is 0 Å². The first-order chi connectivity index (χ1) is 11.4. The van der Waals surface area contributed by atoms with Crippen LogP contribution in [0.25, 0.3) is 10.6 Å². The van der Waals surface area contributed by atoms with Crippen LogP contribution in [0.3, 0.4) is 0 Å². The van der Waals surface area contributed by atoms with Gasteiger partial charge in [-0.05, 0) is 24.3 Å². The molecule has 1 aromatic heterocycles. The van der Waals surface area contributed by atoms with Crippen LogP contribution in [0.4, 0.5) is 13.2 Å². The van der Waals surface area contributed by atoms with E-state index in [9.17, 15) is 18.0 Å². The summed E-state index contributed by atoms with van der Waals surface area (Å²) in [5.41, 5.74) is 0.0932. The van der Waals surface area contributed by atoms with Crippen LogP contribution < -0.4 is 4.74 Å². The SMILES string of the molecule is O=C(Oc1csc(-c2ccccc2)n1)c1ccc(C(F)(F)F)cc1. The third-order valence-electron chi connectivity index (χ3n) is 3.15. The van der Waals surface area contributed by atoms with Crippen LogP contribution in [-0.4, -0.2) is 11.0 Å². The molecular formula is C17H10F3NO2S. The normalized spacial score (nSPS) is 11.3. The number of hydrogen-bond donors (Lipinski definition) is 0. The fourth-order valence-corrected chi connectivity index (χ4v) is 2.70. The molecule has 0 radical (unpaired) electrons. The zero-order valence-corrected chi connectivity index (χ0v) is 12.9. The van der Waals surface area contributed by atoms with E-state index in [4.69, 9.17) is 4.74 Å². The zero-order valence-electron chi connectivity index (χ0n) is 12.1. The lowest BCUT2D eigenvalue weighted by atomic mass is 10.1. The Hall–Kier alpha value is -2.67. The number of halogens is 3. The Balaban J connectivity index is 1.72. The third kappa shape index (κ3) is 3.62. The minimum absolute atomic E-state index is 0.0252. The van der Waals surface area contributed by atoms with Crippen LogP contribution >= 0.6 is 11.3 Å². The summed E-state index contributed by atoms with van der Waals surface area (Å²) in [6, 6.07) is 13.2. The summed E-state index contributed by atoms with van der Waals surface area (Å²) >= 11 is 1.31. The maximum atomic E-state index is 12.5. The van der Waals surface area contributed by atoms with E-state index in [0.29, 0.717) is 5.01 Å². The van der Waals surface area contributed by atoms with E-state index in [-0.39, 0.29) is 11.4 Å². The Kier molecular flexibility index (Phi) is 4.35. The van der Waals surface area contributed by atoms with Crippen molar-refractivity contribution in [2.75, 3.05) is 0 Å². The van der Waals surface area contributed by atoms with Crippen molar-refractivity contribution < 1.29 is 22.7 Å². The molecule has 0 spiro atoms. The molecule has 7 heteroatoms. The van der Waals surface area contributed by atoms with Crippen LogP contribution in [0.2, 0.25) is 0 Å². The molecule has 0 N–H and O–H groups in total. The second-order valence-corrected chi connectivity index (χ2v) is 5.68. The van der Waals surface area contributed by atoms with E-state index in [1.165, 1.54) is 11.3 Å². The van der Waals surface area contributed by atoms with Gasteiger partial charge in [0.05, 0.1) is 16.5 Å². The minimum atomic E-state index is -4.44. The monoisotopic (exact) mass is 349 g/mol. The maximum Gasteiger partial charge on any atom is 0.416 e. The summed E-state index contributed by atoms with van der Waals surface area (Å²) < 4.78 is 42.6. The predicted molar refractivity (Wildman–Crippen MR) is 84.0 cm³/mol. The van der Waals surface area contributed by atoms with Gasteiger partial charge in [-0.2, -0.15) is 13.2 Å². The van der Waals surface area contributed by atoms with E-state index in [2.05, 4.69) is 4.98 Å². The summed E-state index contributed by atoms with van der Waals surface area (Å²) in [5, 5.41) is 2.26. The molecule has 0 saturated heterocycles. The number of benzene rings is 2. The van der Waals surface area contributed by atoms with Gasteiger partial charge < -0.3 is 4.74 Å². The van der Waals surface area contributed by atoms with Crippen molar-refractivity contribution in [3.63, 3.8) is 0 Å². The second kappa shape index (κ2) is 6.45. The summed E-state index contributed by atoms with van der Waals surface area (Å²) in [5.74, 6) is -0.641. The molecule has 2 aromatic carbocycles. The molecule has 0 saturated carbocycles. The molecule has 3 aromatic rings. The van der Waals surface area contributed by atoms with Gasteiger partial charge in [0.1, 0.15) is 5.01 Å². The highest BCUT2D eigenvalue weighted by atomic mass is 32.1. The lowest BCUT2D eigenvalue weighted by molar-refractivity contribution is -0.137. The van der Waals surface area contributed by atoms with Crippen molar-refractivity contribution in [1.29, 1.82) is 0 Å². The number of alkyl halides is 3. The summed E-state index contributed by atoms with van der Waals surface area (Å²) in [6.07, 6.45) is -4.44. The van der Waals surface area contributed by atoms with E-state index in [0.717, 1.165) is 29.8 Å². The number of thiazole rings is 1. The number of rotatable bonds is 3. The van der Waals surface area contributed by atoms with Gasteiger partial charge in [-0.3, -0.25) is 0 Å². The van der Waals surface area contributed by atoms with Gasteiger partial charge in [-0.25, -0.2) is 9.78 Å². The van der Waals surface area contributed by atoms with Gasteiger partial charge in [0.2, 0.25) is 5.88 Å². The highest BCUT2D eigenvalue weighted by Crippen LogP contribution is 2.30. The van der Waals surface area contributed by atoms with E-state index < -0.39 is 17.7 Å². The fraction of sp³-hybridized carbons (Fsp3) is 0.0588. The predicted octanol–water partition coefficient (Wildman–Crippen LogP) is 5.05. The number of ether oxygens (including phenoxy) is 1. The van der Waals surface area contributed by atoms with Crippen LogP contribution in [0.1, 0.15) is 15.9 Å². The van der Waals surface area contributed by atoms with Crippen LogP contribution in [-0.2, 0) is 6.18 Å². The number of esters is 1. The van der Waals surface area contributed by atoms with Crippen molar-refractivity contribution >= 4 is 17.3 Å². The molecule has 0 aliphatic heterocycles. The molecule has 0 fully saturated rings. The van der Waals surface area contributed by atoms with E-state index in [1.54, 1.807) is 5.38 Å². The zero-order chi connectivity index (χ0) is 17.2.